The highest BCUT2D eigenvalue weighted by Crippen LogP contribution is 2.56. The number of nitrogens with one attached hydrogen (secondary N) is 1. The minimum absolute atomic E-state index is 0.0670. The van der Waals surface area contributed by atoms with Crippen LogP contribution in [0.3, 0.4) is 0 Å². The van der Waals surface area contributed by atoms with E-state index in [0.717, 1.165) is 18.4 Å². The Morgan fingerprint density at radius 2 is 1.75 bits per heavy atom. The first-order chi connectivity index (χ1) is 24.7. The molecule has 11 nitrogen and oxygen atoms in total. The van der Waals surface area contributed by atoms with Gasteiger partial charge in [0, 0.05) is 26.1 Å². The van der Waals surface area contributed by atoms with Gasteiger partial charge >= 0.3 is 5.97 Å². The van der Waals surface area contributed by atoms with Crippen LogP contribution in [0, 0.1) is 11.8 Å². The minimum atomic E-state index is -1.45. The first kappa shape index (κ1) is 36.5. The van der Waals surface area contributed by atoms with Crippen molar-refractivity contribution in [2.45, 2.75) is 87.9 Å². The summed E-state index contributed by atoms with van der Waals surface area (Å²) < 4.78 is 18.5. The van der Waals surface area contributed by atoms with Crippen LogP contribution >= 0.6 is 0 Å². The van der Waals surface area contributed by atoms with Gasteiger partial charge in [0.1, 0.15) is 23.7 Å². The number of aliphatic hydroxyl groups excluding tert-OH is 1. The van der Waals surface area contributed by atoms with E-state index < -0.39 is 66.3 Å². The van der Waals surface area contributed by atoms with E-state index in [1.54, 1.807) is 17.1 Å². The molecule has 272 valence electrons. The number of esters is 1. The Morgan fingerprint density at radius 3 is 2.43 bits per heavy atom. The molecule has 2 aromatic rings. The maximum atomic E-state index is 15.1. The first-order valence-electron chi connectivity index (χ1n) is 18.1. The van der Waals surface area contributed by atoms with Gasteiger partial charge in [-0.15, -0.1) is 0 Å². The SMILES string of the molecule is CCCC(C)N1C/C=C\CCC(=O)N[C@H](COC)[C@@H](c2ccccc2)OC(=O)[C@@H]2[C@@H]3C=C[C@]4(O3)[C@H](C1=O)N([C@@H](CO)Cc1ccccc1)C(=O)[C@@H]24. The number of benzene rings is 2. The molecular weight excluding hydrogens is 650 g/mol. The third kappa shape index (κ3) is 7.11. The smallest absolute Gasteiger partial charge is 0.313 e. The van der Waals surface area contributed by atoms with Gasteiger partial charge in [0.05, 0.1) is 37.3 Å². The van der Waals surface area contributed by atoms with Gasteiger partial charge in [-0.25, -0.2) is 0 Å². The van der Waals surface area contributed by atoms with E-state index in [1.165, 1.54) is 12.0 Å². The second-order valence-electron chi connectivity index (χ2n) is 14.0. The molecule has 2 N–H and O–H groups in total. The van der Waals surface area contributed by atoms with Crippen molar-refractivity contribution in [1.29, 1.82) is 0 Å². The lowest BCUT2D eigenvalue weighted by Crippen LogP contribution is -2.60. The average Bonchev–Trinajstić information content (AvgIpc) is 3.78. The molecule has 3 amide bonds. The van der Waals surface area contributed by atoms with Crippen LogP contribution in [0.4, 0.5) is 0 Å². The highest BCUT2D eigenvalue weighted by atomic mass is 16.6. The van der Waals surface area contributed by atoms with Crippen molar-refractivity contribution in [1.82, 2.24) is 15.1 Å². The highest BCUT2D eigenvalue weighted by molar-refractivity contribution is 5.99. The Bertz CT molecular complexity index is 1620. The van der Waals surface area contributed by atoms with Gasteiger partial charge in [-0.3, -0.25) is 19.2 Å². The number of ether oxygens (including phenoxy) is 3. The second-order valence-corrected chi connectivity index (χ2v) is 14.0. The third-order valence-corrected chi connectivity index (χ3v) is 10.7. The van der Waals surface area contributed by atoms with E-state index in [1.807, 2.05) is 79.7 Å². The molecule has 2 aromatic carbocycles. The molecule has 4 aliphatic rings. The fourth-order valence-electron chi connectivity index (χ4n) is 8.32. The Hall–Kier alpha value is -4.32. The zero-order chi connectivity index (χ0) is 36.1. The number of carbonyl (C=O) groups excluding carboxylic acids is 4. The van der Waals surface area contributed by atoms with Crippen LogP contribution in [0.15, 0.2) is 85.0 Å². The van der Waals surface area contributed by atoms with Crippen molar-refractivity contribution in [2.75, 3.05) is 26.9 Å². The second kappa shape index (κ2) is 15.9. The van der Waals surface area contributed by atoms with Crippen LogP contribution < -0.4 is 5.32 Å². The molecule has 2 saturated heterocycles. The predicted molar refractivity (Wildman–Crippen MR) is 189 cm³/mol. The molecule has 4 aliphatic heterocycles. The predicted octanol–water partition coefficient (Wildman–Crippen LogP) is 3.52. The first-order valence-corrected chi connectivity index (χ1v) is 18.1. The monoisotopic (exact) mass is 699 g/mol. The van der Waals surface area contributed by atoms with Crippen LogP contribution in [-0.4, -0.2) is 101 Å². The van der Waals surface area contributed by atoms with E-state index in [2.05, 4.69) is 12.2 Å². The van der Waals surface area contributed by atoms with Crippen LogP contribution in [0.2, 0.25) is 0 Å². The third-order valence-electron chi connectivity index (χ3n) is 10.7. The van der Waals surface area contributed by atoms with Gasteiger partial charge in [-0.1, -0.05) is 98.3 Å². The molecule has 0 radical (unpaired) electrons. The van der Waals surface area contributed by atoms with Gasteiger partial charge in [-0.05, 0) is 37.3 Å². The number of amides is 3. The topological polar surface area (TPSA) is 135 Å². The van der Waals surface area contributed by atoms with Crippen molar-refractivity contribution >= 4 is 23.7 Å². The number of aliphatic hydroxyl groups is 1. The summed E-state index contributed by atoms with van der Waals surface area (Å²) in [4.78, 5) is 60.9. The average molecular weight is 700 g/mol. The molecule has 51 heavy (non-hydrogen) atoms. The van der Waals surface area contributed by atoms with E-state index in [-0.39, 0.29) is 37.4 Å². The minimum Gasteiger partial charge on any atom is -0.455 e. The number of likely N-dealkylation sites (tertiary alicyclic amines) is 1. The lowest BCUT2D eigenvalue weighted by atomic mass is 9.74. The maximum absolute atomic E-state index is 15.1. The lowest BCUT2D eigenvalue weighted by molar-refractivity contribution is -0.163. The molecule has 0 aromatic heterocycles. The Kier molecular flexibility index (Phi) is 11.4. The van der Waals surface area contributed by atoms with Gasteiger partial charge < -0.3 is 34.4 Å². The van der Waals surface area contributed by atoms with Crippen molar-refractivity contribution in [3.63, 3.8) is 0 Å². The largest absolute Gasteiger partial charge is 0.455 e. The number of rotatable bonds is 10. The highest BCUT2D eigenvalue weighted by Gasteiger charge is 2.74. The van der Waals surface area contributed by atoms with Crippen molar-refractivity contribution in [3.8, 4) is 0 Å². The molecule has 5 bridgehead atoms. The molecule has 0 saturated carbocycles. The van der Waals surface area contributed by atoms with Crippen molar-refractivity contribution in [2.24, 2.45) is 11.8 Å². The number of allylic oxidation sites excluding steroid dienone is 1. The van der Waals surface area contributed by atoms with Crippen LogP contribution in [0.5, 0.6) is 0 Å². The number of carbonyl (C=O) groups is 4. The van der Waals surface area contributed by atoms with Crippen LogP contribution in [-0.2, 0) is 39.8 Å². The lowest BCUT2D eigenvalue weighted by Gasteiger charge is -2.40. The van der Waals surface area contributed by atoms with E-state index in [4.69, 9.17) is 14.2 Å². The fraction of sp³-hybridized carbons (Fsp3) is 0.500. The van der Waals surface area contributed by atoms with Crippen molar-refractivity contribution < 1.29 is 38.5 Å². The summed E-state index contributed by atoms with van der Waals surface area (Å²) in [5.41, 5.74) is 0.0977. The van der Waals surface area contributed by atoms with Gasteiger partial charge in [0.25, 0.3) is 0 Å². The zero-order valence-corrected chi connectivity index (χ0v) is 29.6. The number of fused-ring (bicyclic) bond motifs is 2. The zero-order valence-electron chi connectivity index (χ0n) is 29.6. The molecule has 4 heterocycles. The van der Waals surface area contributed by atoms with Gasteiger partial charge in [-0.2, -0.15) is 0 Å². The Labute approximate surface area is 299 Å². The molecule has 0 aliphatic carbocycles. The van der Waals surface area contributed by atoms with Gasteiger partial charge in [0.2, 0.25) is 17.7 Å². The molecule has 6 rings (SSSR count). The quantitative estimate of drug-likeness (QED) is 0.284. The summed E-state index contributed by atoms with van der Waals surface area (Å²) >= 11 is 0. The molecular formula is C40H49N3O8. The summed E-state index contributed by atoms with van der Waals surface area (Å²) in [5, 5.41) is 13.9. The van der Waals surface area contributed by atoms with E-state index in [9.17, 15) is 19.5 Å². The van der Waals surface area contributed by atoms with E-state index in [0.29, 0.717) is 18.4 Å². The number of methoxy groups -OCH3 is 1. The molecule has 9 atom stereocenters. The number of hydrogen-bond donors (Lipinski definition) is 2. The summed E-state index contributed by atoms with van der Waals surface area (Å²) in [6.07, 6.45) is 8.02. The summed E-state index contributed by atoms with van der Waals surface area (Å²) in [5.74, 6) is -3.80. The van der Waals surface area contributed by atoms with Gasteiger partial charge in [0.15, 0.2) is 0 Å². The Morgan fingerprint density at radius 1 is 1.02 bits per heavy atom. The Balaban J connectivity index is 1.46. The maximum Gasteiger partial charge on any atom is 0.313 e. The standard InChI is InChI=1S/C40H49N3O8/c1-4-14-26(2)42-22-13-7-12-19-32(45)41-30(25-49-3)35(28-17-10-6-11-18-28)50-39(48)33-31-20-21-40(51-31)34(33)37(46)43(36(40)38(42)47)29(24-44)23-27-15-8-5-9-16-27/h5-11,13,15-18,20-21,26,29-31,33-36,44H,4,12,14,19,22-25H2,1-3H3,(H,41,45)/b13-7-/t26?,29-,30-,31+,33-,34-,35-,36+,40-/m1/s1. The normalized spacial score (nSPS) is 31.3. The number of hydrogen-bond acceptors (Lipinski definition) is 8. The summed E-state index contributed by atoms with van der Waals surface area (Å²) in [6, 6.07) is 15.8. The molecule has 1 unspecified atom stereocenters. The van der Waals surface area contributed by atoms with E-state index >= 15 is 4.79 Å². The molecule has 1 spiro atoms. The fourth-order valence-corrected chi connectivity index (χ4v) is 8.32. The van der Waals surface area contributed by atoms with Crippen LogP contribution in [0.25, 0.3) is 0 Å². The number of cyclic esters (lactones) is 1. The number of nitrogens with zero attached hydrogens (tertiary/aromatic N) is 2. The van der Waals surface area contributed by atoms with Crippen LogP contribution in [0.1, 0.15) is 56.8 Å². The molecule has 2 fully saturated rings. The van der Waals surface area contributed by atoms with Crippen molar-refractivity contribution in [3.05, 3.63) is 96.1 Å². The summed E-state index contributed by atoms with van der Waals surface area (Å²) in [7, 11) is 1.51. The summed E-state index contributed by atoms with van der Waals surface area (Å²) in [6.45, 7) is 3.96. The molecule has 11 heteroatoms.